The average Bonchev–Trinajstić information content (AvgIpc) is 2.44. The third-order valence-electron chi connectivity index (χ3n) is 4.45. The lowest BCUT2D eigenvalue weighted by Gasteiger charge is -2.42. The lowest BCUT2D eigenvalue weighted by Crippen LogP contribution is -2.46. The van der Waals surface area contributed by atoms with Crippen molar-refractivity contribution in [1.29, 1.82) is 0 Å². The van der Waals surface area contributed by atoms with Crippen molar-refractivity contribution >= 4 is 0 Å². The molecular weight excluding hydrogens is 241 g/mol. The zero-order chi connectivity index (χ0) is 13.9. The molecule has 1 aromatic carbocycles. The van der Waals surface area contributed by atoms with Crippen LogP contribution >= 0.6 is 0 Å². The molecule has 1 aliphatic carbocycles. The minimum atomic E-state index is -0.200. The minimum Gasteiger partial charge on any atom is -0.376 e. The van der Waals surface area contributed by atoms with E-state index in [1.807, 2.05) is 19.2 Å². The summed E-state index contributed by atoms with van der Waals surface area (Å²) >= 11 is 0. The lowest BCUT2D eigenvalue weighted by atomic mass is 9.76. The summed E-state index contributed by atoms with van der Waals surface area (Å²) < 4.78 is 19.7. The highest BCUT2D eigenvalue weighted by atomic mass is 19.1. The number of rotatable bonds is 4. The van der Waals surface area contributed by atoms with Gasteiger partial charge in [0.25, 0.3) is 0 Å². The number of nitrogens with one attached hydrogen (secondary N) is 1. The first-order valence-electron chi connectivity index (χ1n) is 7.11. The fourth-order valence-corrected chi connectivity index (χ4v) is 3.28. The van der Waals surface area contributed by atoms with Gasteiger partial charge in [0.15, 0.2) is 0 Å². The number of hydrogen-bond donors (Lipinski definition) is 1. The largest absolute Gasteiger partial charge is 0.376 e. The third-order valence-corrected chi connectivity index (χ3v) is 4.45. The van der Waals surface area contributed by atoms with Crippen LogP contribution in [0.5, 0.6) is 0 Å². The molecule has 1 aliphatic rings. The van der Waals surface area contributed by atoms with E-state index in [-0.39, 0.29) is 17.5 Å². The Balaban J connectivity index is 2.33. The van der Waals surface area contributed by atoms with Crippen molar-refractivity contribution in [3.8, 4) is 0 Å². The predicted octanol–water partition coefficient (Wildman–Crippen LogP) is 3.74. The van der Waals surface area contributed by atoms with Gasteiger partial charge < -0.3 is 10.1 Å². The van der Waals surface area contributed by atoms with Crippen molar-refractivity contribution < 1.29 is 9.13 Å². The van der Waals surface area contributed by atoms with Crippen LogP contribution in [0.4, 0.5) is 4.39 Å². The summed E-state index contributed by atoms with van der Waals surface area (Å²) in [5.41, 5.74) is 1.47. The molecule has 0 amide bonds. The monoisotopic (exact) mass is 265 g/mol. The van der Waals surface area contributed by atoms with E-state index >= 15 is 0 Å². The second-order valence-corrected chi connectivity index (χ2v) is 5.56. The van der Waals surface area contributed by atoms with E-state index in [9.17, 15) is 4.39 Å². The van der Waals surface area contributed by atoms with E-state index in [1.54, 1.807) is 20.1 Å². The zero-order valence-electron chi connectivity index (χ0n) is 12.1. The van der Waals surface area contributed by atoms with Crippen molar-refractivity contribution in [1.82, 2.24) is 5.32 Å². The van der Waals surface area contributed by atoms with Gasteiger partial charge in [-0.2, -0.15) is 0 Å². The molecule has 0 heterocycles. The van der Waals surface area contributed by atoms with Crippen molar-refractivity contribution in [2.45, 2.75) is 50.7 Å². The standard InChI is InChI=1S/C16H24FNO/c1-12-7-8-13(11-14(12)17)15(18-2)16(19-3)9-5-4-6-10-16/h7-8,11,15,18H,4-6,9-10H2,1-3H3. The average molecular weight is 265 g/mol. The van der Waals surface area contributed by atoms with E-state index in [0.29, 0.717) is 5.56 Å². The molecule has 1 saturated carbocycles. The Morgan fingerprint density at radius 1 is 1.26 bits per heavy atom. The van der Waals surface area contributed by atoms with Gasteiger partial charge in [-0.15, -0.1) is 0 Å². The molecule has 0 bridgehead atoms. The molecule has 0 saturated heterocycles. The summed E-state index contributed by atoms with van der Waals surface area (Å²) in [7, 11) is 3.71. The molecule has 1 aromatic rings. The van der Waals surface area contributed by atoms with Gasteiger partial charge in [0, 0.05) is 7.11 Å². The molecule has 0 radical (unpaired) electrons. The van der Waals surface area contributed by atoms with Gasteiger partial charge in [0.05, 0.1) is 11.6 Å². The first kappa shape index (κ1) is 14.5. The molecule has 2 rings (SSSR count). The Morgan fingerprint density at radius 3 is 2.47 bits per heavy atom. The molecule has 0 aromatic heterocycles. The number of benzene rings is 1. The van der Waals surface area contributed by atoms with Crippen LogP contribution in [0.25, 0.3) is 0 Å². The van der Waals surface area contributed by atoms with Crippen LogP contribution in [0.2, 0.25) is 0 Å². The summed E-state index contributed by atoms with van der Waals surface area (Å²) in [6.07, 6.45) is 5.69. The summed E-state index contributed by atoms with van der Waals surface area (Å²) in [6.45, 7) is 1.79. The van der Waals surface area contributed by atoms with Crippen molar-refractivity contribution in [3.05, 3.63) is 35.1 Å². The van der Waals surface area contributed by atoms with Gasteiger partial charge in [0.1, 0.15) is 5.82 Å². The van der Waals surface area contributed by atoms with Crippen LogP contribution in [0, 0.1) is 12.7 Å². The van der Waals surface area contributed by atoms with Crippen molar-refractivity contribution in [3.63, 3.8) is 0 Å². The van der Waals surface area contributed by atoms with Crippen LogP contribution in [0.3, 0.4) is 0 Å². The van der Waals surface area contributed by atoms with Crippen LogP contribution in [0.1, 0.15) is 49.3 Å². The van der Waals surface area contributed by atoms with Gasteiger partial charge in [-0.25, -0.2) is 4.39 Å². The fraction of sp³-hybridized carbons (Fsp3) is 0.625. The summed E-state index contributed by atoms with van der Waals surface area (Å²) in [6, 6.07) is 5.55. The second kappa shape index (κ2) is 6.02. The van der Waals surface area contributed by atoms with Crippen molar-refractivity contribution in [2.24, 2.45) is 0 Å². The van der Waals surface area contributed by atoms with Crippen LogP contribution < -0.4 is 5.32 Å². The van der Waals surface area contributed by atoms with Gasteiger partial charge in [-0.3, -0.25) is 0 Å². The maximum Gasteiger partial charge on any atom is 0.126 e. The normalized spacial score (nSPS) is 20.2. The van der Waals surface area contributed by atoms with Gasteiger partial charge in [-0.05, 0) is 44.0 Å². The van der Waals surface area contributed by atoms with Crippen LogP contribution in [0.15, 0.2) is 18.2 Å². The molecule has 1 atom stereocenters. The molecule has 1 fully saturated rings. The highest BCUT2D eigenvalue weighted by molar-refractivity contribution is 5.28. The third kappa shape index (κ3) is 2.82. The van der Waals surface area contributed by atoms with Gasteiger partial charge in [0.2, 0.25) is 0 Å². The molecule has 0 aliphatic heterocycles. The number of likely N-dealkylation sites (N-methyl/N-ethyl adjacent to an activating group) is 1. The second-order valence-electron chi connectivity index (χ2n) is 5.56. The fourth-order valence-electron chi connectivity index (χ4n) is 3.28. The molecule has 2 nitrogen and oxygen atoms in total. The molecule has 106 valence electrons. The maximum absolute atomic E-state index is 13.8. The highest BCUT2D eigenvalue weighted by Crippen LogP contribution is 2.41. The van der Waals surface area contributed by atoms with Crippen molar-refractivity contribution in [2.75, 3.05) is 14.2 Å². The lowest BCUT2D eigenvalue weighted by molar-refractivity contribution is -0.0671. The summed E-state index contributed by atoms with van der Waals surface area (Å²) in [4.78, 5) is 0. The molecule has 0 spiro atoms. The number of aryl methyl sites for hydroxylation is 1. The Morgan fingerprint density at radius 2 is 1.95 bits per heavy atom. The molecule has 19 heavy (non-hydrogen) atoms. The maximum atomic E-state index is 13.8. The first-order chi connectivity index (χ1) is 9.13. The SMILES string of the molecule is CNC(c1ccc(C)c(F)c1)C1(OC)CCCCC1. The topological polar surface area (TPSA) is 21.3 Å². The number of halogens is 1. The minimum absolute atomic E-state index is 0.0490. The van der Waals surface area contributed by atoms with E-state index in [0.717, 1.165) is 18.4 Å². The molecular formula is C16H24FNO. The number of methoxy groups -OCH3 is 1. The quantitative estimate of drug-likeness (QED) is 0.895. The van der Waals surface area contributed by atoms with E-state index in [4.69, 9.17) is 4.74 Å². The Hall–Kier alpha value is -0.930. The van der Waals surface area contributed by atoms with Crippen LogP contribution in [-0.4, -0.2) is 19.8 Å². The first-order valence-corrected chi connectivity index (χ1v) is 7.11. The van der Waals surface area contributed by atoms with E-state index < -0.39 is 0 Å². The Labute approximate surface area is 115 Å². The number of ether oxygens (including phenoxy) is 1. The van der Waals surface area contributed by atoms with E-state index in [2.05, 4.69) is 5.32 Å². The summed E-state index contributed by atoms with van der Waals surface area (Å²) in [5, 5.41) is 3.33. The van der Waals surface area contributed by atoms with E-state index in [1.165, 1.54) is 19.3 Å². The predicted molar refractivity (Wildman–Crippen MR) is 75.8 cm³/mol. The smallest absolute Gasteiger partial charge is 0.126 e. The number of hydrogen-bond acceptors (Lipinski definition) is 2. The summed E-state index contributed by atoms with van der Waals surface area (Å²) in [5.74, 6) is -0.139. The van der Waals surface area contributed by atoms with Gasteiger partial charge >= 0.3 is 0 Å². The highest BCUT2D eigenvalue weighted by Gasteiger charge is 2.40. The molecule has 1 N–H and O–H groups in total. The zero-order valence-corrected chi connectivity index (χ0v) is 12.1. The van der Waals surface area contributed by atoms with Gasteiger partial charge in [-0.1, -0.05) is 31.4 Å². The molecule has 1 unspecified atom stereocenters. The van der Waals surface area contributed by atoms with Crippen LogP contribution in [-0.2, 0) is 4.74 Å². The Bertz CT molecular complexity index is 427. The molecule has 3 heteroatoms. The Kier molecular flexibility index (Phi) is 4.58.